The molecule has 0 aliphatic carbocycles. The maximum atomic E-state index is 4.46. The third kappa shape index (κ3) is 2.86. The maximum absolute atomic E-state index is 4.46. The molecule has 2 nitrogen and oxygen atoms in total. The van der Waals surface area contributed by atoms with Crippen LogP contribution in [0.2, 0.25) is 0 Å². The molecule has 2 atom stereocenters. The topological polar surface area (TPSA) is 24.9 Å². The van der Waals surface area contributed by atoms with Crippen molar-refractivity contribution >= 4 is 0 Å². The summed E-state index contributed by atoms with van der Waals surface area (Å²) in [5.41, 5.74) is 4.30. The van der Waals surface area contributed by atoms with Crippen LogP contribution in [-0.4, -0.2) is 17.6 Å². The van der Waals surface area contributed by atoms with Gasteiger partial charge >= 0.3 is 0 Å². The lowest BCUT2D eigenvalue weighted by atomic mass is 9.83. The zero-order valence-corrected chi connectivity index (χ0v) is 11.3. The quantitative estimate of drug-likeness (QED) is 0.865. The number of piperidine rings is 1. The molecule has 94 valence electrons. The SMILES string of the molecule is CCCc1c(C2CCNC(C)C2)ccnc1C. The maximum Gasteiger partial charge on any atom is 0.0407 e. The fourth-order valence-corrected chi connectivity index (χ4v) is 2.99. The molecule has 0 amide bonds. The van der Waals surface area contributed by atoms with Crippen molar-refractivity contribution < 1.29 is 0 Å². The molecule has 1 aromatic heterocycles. The Balaban J connectivity index is 2.27. The van der Waals surface area contributed by atoms with Gasteiger partial charge in [0.05, 0.1) is 0 Å². The Morgan fingerprint density at radius 2 is 2.29 bits per heavy atom. The molecule has 1 aromatic rings. The molecule has 0 aromatic carbocycles. The minimum Gasteiger partial charge on any atom is -0.314 e. The van der Waals surface area contributed by atoms with E-state index in [2.05, 4.69) is 37.1 Å². The van der Waals surface area contributed by atoms with E-state index in [9.17, 15) is 0 Å². The van der Waals surface area contributed by atoms with Gasteiger partial charge in [0.15, 0.2) is 0 Å². The minimum atomic E-state index is 0.650. The van der Waals surface area contributed by atoms with Gasteiger partial charge in [0.1, 0.15) is 0 Å². The molecule has 2 rings (SSSR count). The van der Waals surface area contributed by atoms with Crippen molar-refractivity contribution in [3.8, 4) is 0 Å². The van der Waals surface area contributed by atoms with Gasteiger partial charge < -0.3 is 5.32 Å². The molecule has 0 radical (unpaired) electrons. The first-order chi connectivity index (χ1) is 8.22. The summed E-state index contributed by atoms with van der Waals surface area (Å²) in [6, 6.07) is 2.90. The van der Waals surface area contributed by atoms with Crippen LogP contribution >= 0.6 is 0 Å². The van der Waals surface area contributed by atoms with E-state index < -0.39 is 0 Å². The molecule has 1 N–H and O–H groups in total. The first-order valence-corrected chi connectivity index (χ1v) is 6.90. The molecule has 17 heavy (non-hydrogen) atoms. The van der Waals surface area contributed by atoms with E-state index >= 15 is 0 Å². The standard InChI is InChI=1S/C15H24N2/c1-4-5-14-12(3)17-9-7-15(14)13-6-8-16-11(2)10-13/h7,9,11,13,16H,4-6,8,10H2,1-3H3. The molecule has 2 heteroatoms. The number of nitrogens with zero attached hydrogens (tertiary/aromatic N) is 1. The zero-order valence-electron chi connectivity index (χ0n) is 11.3. The smallest absolute Gasteiger partial charge is 0.0407 e. The van der Waals surface area contributed by atoms with Gasteiger partial charge in [-0.25, -0.2) is 0 Å². The Morgan fingerprint density at radius 1 is 1.47 bits per heavy atom. The van der Waals surface area contributed by atoms with Gasteiger partial charge in [-0.05, 0) is 62.8 Å². The number of aryl methyl sites for hydroxylation is 1. The van der Waals surface area contributed by atoms with Crippen molar-refractivity contribution in [1.82, 2.24) is 10.3 Å². The molecular formula is C15H24N2. The van der Waals surface area contributed by atoms with Crippen molar-refractivity contribution in [3.05, 3.63) is 29.1 Å². The van der Waals surface area contributed by atoms with Crippen LogP contribution in [0.3, 0.4) is 0 Å². The van der Waals surface area contributed by atoms with E-state index in [0.29, 0.717) is 6.04 Å². The highest BCUT2D eigenvalue weighted by molar-refractivity contribution is 5.33. The second-order valence-electron chi connectivity index (χ2n) is 5.29. The third-order valence-electron chi connectivity index (χ3n) is 3.87. The lowest BCUT2D eigenvalue weighted by molar-refractivity contribution is 0.379. The highest BCUT2D eigenvalue weighted by atomic mass is 14.9. The second-order valence-corrected chi connectivity index (χ2v) is 5.29. The van der Waals surface area contributed by atoms with Crippen molar-refractivity contribution in [2.75, 3.05) is 6.54 Å². The van der Waals surface area contributed by atoms with Gasteiger partial charge in [0, 0.05) is 17.9 Å². The number of hydrogen-bond donors (Lipinski definition) is 1. The summed E-state index contributed by atoms with van der Waals surface area (Å²) < 4.78 is 0. The van der Waals surface area contributed by atoms with Crippen molar-refractivity contribution in [3.63, 3.8) is 0 Å². The van der Waals surface area contributed by atoms with Crippen LogP contribution in [0.15, 0.2) is 12.3 Å². The predicted molar refractivity (Wildman–Crippen MR) is 72.4 cm³/mol. The molecule has 1 fully saturated rings. The molecule has 0 bridgehead atoms. The highest BCUT2D eigenvalue weighted by Gasteiger charge is 2.22. The lowest BCUT2D eigenvalue weighted by Gasteiger charge is -2.30. The summed E-state index contributed by atoms with van der Waals surface area (Å²) in [4.78, 5) is 4.46. The summed E-state index contributed by atoms with van der Waals surface area (Å²) in [6.45, 7) is 7.85. The van der Waals surface area contributed by atoms with Gasteiger partial charge in [0.25, 0.3) is 0 Å². The Morgan fingerprint density at radius 3 is 3.00 bits per heavy atom. The molecule has 1 aliphatic heterocycles. The highest BCUT2D eigenvalue weighted by Crippen LogP contribution is 2.31. The second kappa shape index (κ2) is 5.63. The fourth-order valence-electron chi connectivity index (χ4n) is 2.99. The molecular weight excluding hydrogens is 208 g/mol. The van der Waals surface area contributed by atoms with Gasteiger partial charge in [0.2, 0.25) is 0 Å². The minimum absolute atomic E-state index is 0.650. The number of rotatable bonds is 3. The van der Waals surface area contributed by atoms with Gasteiger partial charge in [-0.15, -0.1) is 0 Å². The van der Waals surface area contributed by atoms with Crippen LogP contribution < -0.4 is 5.32 Å². The predicted octanol–water partition coefficient (Wildman–Crippen LogP) is 3.20. The van der Waals surface area contributed by atoms with Crippen LogP contribution in [0, 0.1) is 6.92 Å². The summed E-state index contributed by atoms with van der Waals surface area (Å²) >= 11 is 0. The Hall–Kier alpha value is -0.890. The molecule has 2 heterocycles. The zero-order chi connectivity index (χ0) is 12.3. The van der Waals surface area contributed by atoms with E-state index in [1.54, 1.807) is 5.56 Å². The summed E-state index contributed by atoms with van der Waals surface area (Å²) in [5, 5.41) is 3.53. The first-order valence-electron chi connectivity index (χ1n) is 6.90. The molecule has 0 saturated carbocycles. The van der Waals surface area contributed by atoms with Gasteiger partial charge in [-0.2, -0.15) is 0 Å². The number of pyridine rings is 1. The fraction of sp³-hybridized carbons (Fsp3) is 0.667. The van der Waals surface area contributed by atoms with E-state index in [1.807, 2.05) is 6.20 Å². The van der Waals surface area contributed by atoms with Crippen LogP contribution in [-0.2, 0) is 6.42 Å². The van der Waals surface area contributed by atoms with E-state index in [1.165, 1.54) is 36.9 Å². The van der Waals surface area contributed by atoms with Crippen LogP contribution in [0.4, 0.5) is 0 Å². The van der Waals surface area contributed by atoms with Crippen LogP contribution in [0.5, 0.6) is 0 Å². The molecule has 0 spiro atoms. The Bertz CT molecular complexity index is 373. The Labute approximate surface area is 105 Å². The first kappa shape index (κ1) is 12.6. The normalized spacial score (nSPS) is 24.9. The van der Waals surface area contributed by atoms with Crippen LogP contribution in [0.25, 0.3) is 0 Å². The van der Waals surface area contributed by atoms with Gasteiger partial charge in [-0.1, -0.05) is 13.3 Å². The number of nitrogens with one attached hydrogen (secondary N) is 1. The van der Waals surface area contributed by atoms with E-state index in [-0.39, 0.29) is 0 Å². The molecule has 1 saturated heterocycles. The molecule has 1 aliphatic rings. The van der Waals surface area contributed by atoms with E-state index in [0.717, 1.165) is 12.5 Å². The monoisotopic (exact) mass is 232 g/mol. The summed E-state index contributed by atoms with van der Waals surface area (Å²) in [7, 11) is 0. The number of hydrogen-bond acceptors (Lipinski definition) is 2. The van der Waals surface area contributed by atoms with Crippen molar-refractivity contribution in [1.29, 1.82) is 0 Å². The third-order valence-corrected chi connectivity index (χ3v) is 3.87. The van der Waals surface area contributed by atoms with E-state index in [4.69, 9.17) is 0 Å². The summed E-state index contributed by atoms with van der Waals surface area (Å²) in [5.74, 6) is 0.731. The van der Waals surface area contributed by atoms with Gasteiger partial charge in [-0.3, -0.25) is 4.98 Å². The number of aromatic nitrogens is 1. The summed E-state index contributed by atoms with van der Waals surface area (Å²) in [6.07, 6.45) is 6.90. The van der Waals surface area contributed by atoms with Crippen molar-refractivity contribution in [2.24, 2.45) is 0 Å². The average molecular weight is 232 g/mol. The lowest BCUT2D eigenvalue weighted by Crippen LogP contribution is -2.35. The Kier molecular flexibility index (Phi) is 4.16. The largest absolute Gasteiger partial charge is 0.314 e. The molecule has 2 unspecified atom stereocenters. The average Bonchev–Trinajstić information content (AvgIpc) is 2.32. The van der Waals surface area contributed by atoms with Crippen molar-refractivity contribution in [2.45, 2.75) is 58.4 Å². The van der Waals surface area contributed by atoms with Crippen LogP contribution in [0.1, 0.15) is 55.8 Å².